The van der Waals surface area contributed by atoms with Crippen molar-refractivity contribution in [3.05, 3.63) is 77.2 Å². The van der Waals surface area contributed by atoms with Crippen LogP contribution in [0.15, 0.2) is 60.5 Å². The van der Waals surface area contributed by atoms with Gasteiger partial charge in [0.15, 0.2) is 0 Å². The molecule has 1 aromatic carbocycles. The molecule has 5 rings (SSSR count). The lowest BCUT2D eigenvalue weighted by Crippen LogP contribution is -2.21. The molecule has 1 fully saturated rings. The minimum absolute atomic E-state index is 0.380. The summed E-state index contributed by atoms with van der Waals surface area (Å²) in [5.74, 6) is 1.57. The second kappa shape index (κ2) is 5.94. The molecular weight excluding hydrogens is 318 g/mol. The summed E-state index contributed by atoms with van der Waals surface area (Å²) in [7, 11) is 0. The van der Waals surface area contributed by atoms with Gasteiger partial charge in [-0.1, -0.05) is 48.9 Å². The molecule has 0 saturated heterocycles. The molecule has 26 heavy (non-hydrogen) atoms. The van der Waals surface area contributed by atoms with Gasteiger partial charge in [0.05, 0.1) is 18.1 Å². The normalized spacial score (nSPS) is 21.3. The molecule has 0 radical (unpaired) electrons. The van der Waals surface area contributed by atoms with E-state index in [0.717, 1.165) is 24.5 Å². The molecule has 3 heteroatoms. The number of rotatable bonds is 3. The SMILES string of the molecule is C=CC1=CC=C2Cc3c(C4CCC4)ccc(-c4cnc(N)cn4)c3C1C2. The molecule has 2 bridgehead atoms. The third-order valence-corrected chi connectivity index (χ3v) is 6.25. The lowest BCUT2D eigenvalue weighted by Gasteiger charge is -2.37. The van der Waals surface area contributed by atoms with Crippen molar-refractivity contribution >= 4 is 5.82 Å². The molecule has 1 heterocycles. The van der Waals surface area contributed by atoms with Gasteiger partial charge in [-0.15, -0.1) is 0 Å². The van der Waals surface area contributed by atoms with Crippen molar-refractivity contribution < 1.29 is 0 Å². The molecule has 0 amide bonds. The first-order valence-corrected chi connectivity index (χ1v) is 9.50. The molecule has 1 atom stereocenters. The molecule has 2 N–H and O–H groups in total. The number of allylic oxidation sites excluding steroid dienone is 5. The van der Waals surface area contributed by atoms with Crippen molar-refractivity contribution in [2.75, 3.05) is 5.73 Å². The third-order valence-electron chi connectivity index (χ3n) is 6.25. The molecule has 3 aliphatic carbocycles. The van der Waals surface area contributed by atoms with Gasteiger partial charge in [0.25, 0.3) is 0 Å². The van der Waals surface area contributed by atoms with Crippen molar-refractivity contribution in [2.45, 2.75) is 43.9 Å². The van der Waals surface area contributed by atoms with Gasteiger partial charge in [-0.3, -0.25) is 4.98 Å². The maximum atomic E-state index is 5.75. The summed E-state index contributed by atoms with van der Waals surface area (Å²) in [5, 5.41) is 0. The molecule has 130 valence electrons. The number of benzene rings is 1. The van der Waals surface area contributed by atoms with E-state index in [0.29, 0.717) is 11.7 Å². The summed E-state index contributed by atoms with van der Waals surface area (Å²) in [6.45, 7) is 4.06. The molecule has 0 aliphatic heterocycles. The van der Waals surface area contributed by atoms with Gasteiger partial charge in [-0.05, 0) is 53.9 Å². The first kappa shape index (κ1) is 15.6. The Morgan fingerprint density at radius 1 is 1.12 bits per heavy atom. The quantitative estimate of drug-likeness (QED) is 0.847. The fourth-order valence-corrected chi connectivity index (χ4v) is 4.69. The van der Waals surface area contributed by atoms with E-state index in [2.05, 4.69) is 40.8 Å². The smallest absolute Gasteiger partial charge is 0.141 e. The van der Waals surface area contributed by atoms with Crippen molar-refractivity contribution in [1.82, 2.24) is 9.97 Å². The fourth-order valence-electron chi connectivity index (χ4n) is 4.69. The first-order chi connectivity index (χ1) is 12.7. The third kappa shape index (κ3) is 2.34. The van der Waals surface area contributed by atoms with Gasteiger partial charge < -0.3 is 5.73 Å². The van der Waals surface area contributed by atoms with Crippen molar-refractivity contribution in [1.29, 1.82) is 0 Å². The van der Waals surface area contributed by atoms with Crippen molar-refractivity contribution in [2.24, 2.45) is 0 Å². The summed E-state index contributed by atoms with van der Waals surface area (Å²) in [5.41, 5.74) is 15.2. The number of hydrogen-bond donors (Lipinski definition) is 1. The van der Waals surface area contributed by atoms with Crippen LogP contribution in [0.25, 0.3) is 11.3 Å². The van der Waals surface area contributed by atoms with E-state index in [1.165, 1.54) is 47.1 Å². The number of aromatic nitrogens is 2. The number of fused-ring (bicyclic) bond motifs is 4. The summed E-state index contributed by atoms with van der Waals surface area (Å²) in [6.07, 6.45) is 16.2. The highest BCUT2D eigenvalue weighted by molar-refractivity contribution is 5.71. The van der Waals surface area contributed by atoms with Crippen LogP contribution in [0, 0.1) is 0 Å². The standard InChI is InChI=1S/C23H23N3/c1-2-15-7-6-14-10-19(15)23-18(21-12-26-22(24)13-25-21)9-8-17(20(23)11-14)16-4-3-5-16/h2,6-9,12-13,16,19H,1,3-5,10-11H2,(H2,24,26). The van der Waals surface area contributed by atoms with Crippen LogP contribution < -0.4 is 5.73 Å². The highest BCUT2D eigenvalue weighted by atomic mass is 14.9. The maximum absolute atomic E-state index is 5.75. The molecule has 3 nitrogen and oxygen atoms in total. The Bertz CT molecular complexity index is 946. The minimum atomic E-state index is 0.380. The summed E-state index contributed by atoms with van der Waals surface area (Å²) in [4.78, 5) is 8.85. The topological polar surface area (TPSA) is 51.8 Å². The lowest BCUT2D eigenvalue weighted by molar-refractivity contribution is 0.416. The second-order valence-electron chi connectivity index (χ2n) is 7.68. The zero-order valence-electron chi connectivity index (χ0n) is 14.9. The second-order valence-corrected chi connectivity index (χ2v) is 7.68. The average molecular weight is 341 g/mol. The van der Waals surface area contributed by atoms with Crippen LogP contribution in [0.5, 0.6) is 0 Å². The van der Waals surface area contributed by atoms with Crippen molar-refractivity contribution in [3.63, 3.8) is 0 Å². The van der Waals surface area contributed by atoms with Gasteiger partial charge in [0, 0.05) is 11.5 Å². The molecule has 0 spiro atoms. The Kier molecular flexibility index (Phi) is 3.56. The number of anilines is 1. The Balaban J connectivity index is 1.74. The van der Waals surface area contributed by atoms with Crippen LogP contribution in [0.3, 0.4) is 0 Å². The highest BCUT2D eigenvalue weighted by Gasteiger charge is 2.34. The van der Waals surface area contributed by atoms with E-state index in [-0.39, 0.29) is 0 Å². The zero-order chi connectivity index (χ0) is 17.7. The van der Waals surface area contributed by atoms with Gasteiger partial charge >= 0.3 is 0 Å². The van der Waals surface area contributed by atoms with E-state index < -0.39 is 0 Å². The Morgan fingerprint density at radius 2 is 2.00 bits per heavy atom. The molecule has 1 aromatic heterocycles. The van der Waals surface area contributed by atoms with Crippen LogP contribution >= 0.6 is 0 Å². The van der Waals surface area contributed by atoms with Crippen LogP contribution in [0.4, 0.5) is 5.82 Å². The Labute approximate surface area is 154 Å². The summed E-state index contributed by atoms with van der Waals surface area (Å²) < 4.78 is 0. The van der Waals surface area contributed by atoms with Gasteiger partial charge in [-0.25, -0.2) is 4.98 Å². The van der Waals surface area contributed by atoms with Gasteiger partial charge in [0.1, 0.15) is 5.82 Å². The molecule has 1 unspecified atom stereocenters. The minimum Gasteiger partial charge on any atom is -0.382 e. The van der Waals surface area contributed by atoms with E-state index in [1.807, 2.05) is 6.08 Å². The maximum Gasteiger partial charge on any atom is 0.141 e. The molecular formula is C23H23N3. The van der Waals surface area contributed by atoms with Gasteiger partial charge in [0.2, 0.25) is 0 Å². The van der Waals surface area contributed by atoms with Crippen LogP contribution in [-0.2, 0) is 6.42 Å². The van der Waals surface area contributed by atoms with Gasteiger partial charge in [-0.2, -0.15) is 0 Å². The fraction of sp³-hybridized carbons (Fsp3) is 0.304. The zero-order valence-corrected chi connectivity index (χ0v) is 14.9. The monoisotopic (exact) mass is 341 g/mol. The van der Waals surface area contributed by atoms with E-state index in [1.54, 1.807) is 18.0 Å². The van der Waals surface area contributed by atoms with Crippen molar-refractivity contribution in [3.8, 4) is 11.3 Å². The summed E-state index contributed by atoms with van der Waals surface area (Å²) in [6, 6.07) is 4.60. The van der Waals surface area contributed by atoms with Crippen LogP contribution in [0.1, 0.15) is 54.2 Å². The number of nitrogens with zero attached hydrogens (tertiary/aromatic N) is 2. The van der Waals surface area contributed by atoms with Crippen LogP contribution in [0.2, 0.25) is 0 Å². The average Bonchev–Trinajstić information content (AvgIpc) is 2.62. The van der Waals surface area contributed by atoms with Crippen LogP contribution in [-0.4, -0.2) is 9.97 Å². The Hall–Kier alpha value is -2.68. The van der Waals surface area contributed by atoms with E-state index in [4.69, 9.17) is 5.73 Å². The molecule has 2 aromatic rings. The largest absolute Gasteiger partial charge is 0.382 e. The van der Waals surface area contributed by atoms with E-state index >= 15 is 0 Å². The highest BCUT2D eigenvalue weighted by Crippen LogP contribution is 2.50. The predicted molar refractivity (Wildman–Crippen MR) is 106 cm³/mol. The number of nitrogen functional groups attached to an aromatic ring is 1. The number of hydrogen-bond acceptors (Lipinski definition) is 3. The Morgan fingerprint density at radius 3 is 2.69 bits per heavy atom. The summed E-state index contributed by atoms with van der Waals surface area (Å²) >= 11 is 0. The first-order valence-electron chi connectivity index (χ1n) is 9.50. The van der Waals surface area contributed by atoms with E-state index in [9.17, 15) is 0 Å². The molecule has 1 saturated carbocycles. The lowest BCUT2D eigenvalue weighted by atomic mass is 9.67. The predicted octanol–water partition coefficient (Wildman–Crippen LogP) is 5.08. The molecule has 3 aliphatic rings. The number of nitrogens with two attached hydrogens (primary N) is 1.